The number of allylic oxidation sites excluding steroid dienone is 2. The summed E-state index contributed by atoms with van der Waals surface area (Å²) < 4.78 is 12.9. The molecule has 24 heavy (non-hydrogen) atoms. The zero-order chi connectivity index (χ0) is 19.3. The Morgan fingerprint density at radius 1 is 0.917 bits per heavy atom. The van der Waals surface area contributed by atoms with Crippen molar-refractivity contribution >= 4 is 76.2 Å². The van der Waals surface area contributed by atoms with E-state index >= 15 is 0 Å². The molecule has 0 fully saturated rings. The second-order valence-corrected chi connectivity index (χ2v) is 20.8. The van der Waals surface area contributed by atoms with Gasteiger partial charge in [-0.15, -0.1) is 10.9 Å². The van der Waals surface area contributed by atoms with Crippen LogP contribution in [0.25, 0.3) is 0 Å². The first-order valence-corrected chi connectivity index (χ1v) is 17.9. The van der Waals surface area contributed by atoms with Gasteiger partial charge in [-0.2, -0.15) is 0 Å². The normalized spacial score (nSPS) is 14.2. The van der Waals surface area contributed by atoms with E-state index < -0.39 is 31.7 Å². The summed E-state index contributed by atoms with van der Waals surface area (Å²) in [4.78, 5) is 0. The Balaban J connectivity index is 5.47. The van der Waals surface area contributed by atoms with Crippen LogP contribution >= 0.6 is 0 Å². The fraction of sp³-hybridized carbons (Fsp3) is 0.833. The van der Waals surface area contributed by atoms with Crippen molar-refractivity contribution in [3.8, 4) is 0 Å². The lowest BCUT2D eigenvalue weighted by molar-refractivity contribution is 0.393. The average molecular weight is 364 g/mol. The molecular formula is C12H28B7O2Si3. The zero-order valence-electron chi connectivity index (χ0n) is 16.8. The third-order valence-electron chi connectivity index (χ3n) is 3.50. The van der Waals surface area contributed by atoms with Gasteiger partial charge < -0.3 is 8.23 Å². The van der Waals surface area contributed by atoms with Crippen LogP contribution in [0.15, 0.2) is 10.9 Å². The quantitative estimate of drug-likeness (QED) is 0.551. The first-order chi connectivity index (χ1) is 10.6. The predicted molar refractivity (Wildman–Crippen MR) is 123 cm³/mol. The van der Waals surface area contributed by atoms with Crippen molar-refractivity contribution in [1.82, 2.24) is 0 Å². The molecule has 0 aromatic heterocycles. The SMILES string of the molecule is [B][B]B([B])C(C[Si](C)(C)O[Si](C)(C)O[Si](C)(C)C)=C(CC)B([B])[B]. The van der Waals surface area contributed by atoms with Crippen LogP contribution < -0.4 is 0 Å². The molecule has 12 heteroatoms. The highest BCUT2D eigenvalue weighted by atomic mass is 28.5. The Bertz CT molecular complexity index is 439. The minimum absolute atomic E-state index is 0.354. The summed E-state index contributed by atoms with van der Waals surface area (Å²) >= 11 is 0. The highest BCUT2D eigenvalue weighted by Gasteiger charge is 2.38. The summed E-state index contributed by atoms with van der Waals surface area (Å²) in [6.07, 6.45) is 0.755. The fourth-order valence-corrected chi connectivity index (χ4v) is 16.6. The van der Waals surface area contributed by atoms with E-state index in [-0.39, 0.29) is 6.49 Å². The molecule has 0 N–H and O–H groups in total. The van der Waals surface area contributed by atoms with Crippen LogP contribution in [0.3, 0.4) is 0 Å². The molecule has 0 bridgehead atoms. The summed E-state index contributed by atoms with van der Waals surface area (Å²) in [5.74, 6) is 0. The molecule has 0 aliphatic rings. The highest BCUT2D eigenvalue weighted by molar-refractivity contribution is 7.49. The van der Waals surface area contributed by atoms with E-state index in [1.165, 1.54) is 7.06 Å². The Morgan fingerprint density at radius 3 is 1.75 bits per heavy atom. The van der Waals surface area contributed by atoms with Crippen LogP contribution in [0.2, 0.25) is 51.9 Å². The van der Waals surface area contributed by atoms with Crippen LogP contribution in [0, 0.1) is 0 Å². The number of hydrogen-bond donors (Lipinski definition) is 0. The summed E-state index contributed by atoms with van der Waals surface area (Å²) in [6, 6.07) is 0.751. The molecule has 0 saturated heterocycles. The van der Waals surface area contributed by atoms with Crippen LogP contribution in [-0.4, -0.2) is 76.2 Å². The van der Waals surface area contributed by atoms with E-state index in [1.807, 2.05) is 6.92 Å². The minimum Gasteiger partial charge on any atom is -0.437 e. The van der Waals surface area contributed by atoms with Crippen molar-refractivity contribution in [2.24, 2.45) is 0 Å². The lowest BCUT2D eigenvalue weighted by Gasteiger charge is -2.39. The lowest BCUT2D eigenvalue weighted by Crippen LogP contribution is -2.52. The van der Waals surface area contributed by atoms with Gasteiger partial charge in [0.2, 0.25) is 0 Å². The van der Waals surface area contributed by atoms with Crippen molar-refractivity contribution in [3.63, 3.8) is 0 Å². The lowest BCUT2D eigenvalue weighted by atomic mass is 9.01. The Hall–Kier alpha value is 0.765. The van der Waals surface area contributed by atoms with Crippen LogP contribution in [0.4, 0.5) is 0 Å². The molecule has 0 unspecified atom stereocenters. The van der Waals surface area contributed by atoms with Gasteiger partial charge in [0.1, 0.15) is 0 Å². The summed E-state index contributed by atoms with van der Waals surface area (Å²) in [5.41, 5.74) is 1.99. The maximum atomic E-state index is 6.57. The van der Waals surface area contributed by atoms with Crippen molar-refractivity contribution < 1.29 is 8.23 Å². The minimum atomic E-state index is -2.20. The van der Waals surface area contributed by atoms with E-state index in [0.29, 0.717) is 0 Å². The van der Waals surface area contributed by atoms with Gasteiger partial charge >= 0.3 is 8.56 Å². The van der Waals surface area contributed by atoms with Gasteiger partial charge in [-0.05, 0) is 58.3 Å². The van der Waals surface area contributed by atoms with Gasteiger partial charge in [-0.3, -0.25) is 0 Å². The molecule has 9 radical (unpaired) electrons. The molecule has 0 heterocycles. The van der Waals surface area contributed by atoms with Crippen LogP contribution in [0.5, 0.6) is 0 Å². The third kappa shape index (κ3) is 9.46. The van der Waals surface area contributed by atoms with Gasteiger partial charge in [0.25, 0.3) is 0 Å². The topological polar surface area (TPSA) is 18.5 Å². The maximum absolute atomic E-state index is 6.57. The molecule has 0 amide bonds. The van der Waals surface area contributed by atoms with Gasteiger partial charge in [0.15, 0.2) is 16.6 Å². The molecule has 0 atom stereocenters. The van der Waals surface area contributed by atoms with Gasteiger partial charge in [0.05, 0.1) is 13.0 Å². The number of rotatable bonds is 10. The van der Waals surface area contributed by atoms with Crippen molar-refractivity contribution in [1.29, 1.82) is 0 Å². The Morgan fingerprint density at radius 2 is 1.42 bits per heavy atom. The standard InChI is InChI=1S/C12H28B7O2Si3/c1-9-11(18(14)15)12(19(16)17-13)10-23(5,6)21-24(7,8)20-22(2,3)4/h9-10H2,1-8H3. The predicted octanol–water partition coefficient (Wildman–Crippen LogP) is 1.82. The second-order valence-electron chi connectivity index (χ2n) is 8.30. The van der Waals surface area contributed by atoms with E-state index in [1.54, 1.807) is 0 Å². The van der Waals surface area contributed by atoms with Crippen molar-refractivity contribution in [3.05, 3.63) is 10.9 Å². The third-order valence-corrected chi connectivity index (χ3v) is 13.3. The van der Waals surface area contributed by atoms with Crippen molar-refractivity contribution in [2.45, 2.75) is 65.2 Å². The number of hydrogen-bond acceptors (Lipinski definition) is 2. The van der Waals surface area contributed by atoms with Crippen LogP contribution in [0.1, 0.15) is 13.3 Å². The Labute approximate surface area is 160 Å². The average Bonchev–Trinajstić information content (AvgIpc) is 2.32. The first-order valence-electron chi connectivity index (χ1n) is 8.58. The van der Waals surface area contributed by atoms with Gasteiger partial charge in [0, 0.05) is 38.0 Å². The molecule has 2 nitrogen and oxygen atoms in total. The van der Waals surface area contributed by atoms with E-state index in [0.717, 1.165) is 23.4 Å². The molecule has 0 saturated carbocycles. The maximum Gasteiger partial charge on any atom is 0.311 e. The smallest absolute Gasteiger partial charge is 0.311 e. The van der Waals surface area contributed by atoms with Crippen LogP contribution in [-0.2, 0) is 8.23 Å². The second kappa shape index (κ2) is 9.63. The molecule has 0 aliphatic heterocycles. The molecule has 0 aromatic carbocycles. The molecule has 121 valence electrons. The molecular weight excluding hydrogens is 336 g/mol. The summed E-state index contributed by atoms with van der Waals surface area (Å²) in [7, 11) is 19.4. The highest BCUT2D eigenvalue weighted by Crippen LogP contribution is 2.28. The zero-order valence-corrected chi connectivity index (χ0v) is 19.8. The van der Waals surface area contributed by atoms with E-state index in [2.05, 4.69) is 45.8 Å². The molecule has 0 aromatic rings. The Kier molecular flexibility index (Phi) is 9.94. The largest absolute Gasteiger partial charge is 0.437 e. The van der Waals surface area contributed by atoms with Gasteiger partial charge in [-0.25, -0.2) is 0 Å². The monoisotopic (exact) mass is 365 g/mol. The summed E-state index contributed by atoms with van der Waals surface area (Å²) in [5, 5.41) is 0. The van der Waals surface area contributed by atoms with Crippen molar-refractivity contribution in [2.75, 3.05) is 0 Å². The van der Waals surface area contributed by atoms with E-state index in [9.17, 15) is 0 Å². The first kappa shape index (κ1) is 24.8. The van der Waals surface area contributed by atoms with E-state index in [4.69, 9.17) is 39.2 Å². The fourth-order valence-electron chi connectivity index (χ4n) is 3.16. The van der Waals surface area contributed by atoms with Gasteiger partial charge in [-0.1, -0.05) is 6.92 Å². The molecule has 0 spiro atoms. The summed E-state index contributed by atoms with van der Waals surface area (Å²) in [6.45, 7) is 16.3. The molecule has 0 rings (SSSR count). The molecule has 0 aliphatic carbocycles.